The molecule has 0 spiro atoms. The highest BCUT2D eigenvalue weighted by Gasteiger charge is 2.41. The first-order chi connectivity index (χ1) is 14.0. The third-order valence-corrected chi connectivity index (χ3v) is 4.77. The van der Waals surface area contributed by atoms with Crippen LogP contribution in [0.25, 0.3) is 0 Å². The number of hydrogen-bond donors (Lipinski definition) is 3. The smallest absolute Gasteiger partial charge is 0.307 e. The average molecular weight is 398 g/mol. The molecule has 0 saturated heterocycles. The first-order valence-corrected chi connectivity index (χ1v) is 9.17. The van der Waals surface area contributed by atoms with Crippen LogP contribution in [0.3, 0.4) is 0 Å². The van der Waals surface area contributed by atoms with E-state index in [0.29, 0.717) is 35.7 Å². The molecule has 1 fully saturated rings. The van der Waals surface area contributed by atoms with Gasteiger partial charge >= 0.3 is 5.97 Å². The molecule has 1 aliphatic rings. The van der Waals surface area contributed by atoms with Crippen molar-refractivity contribution >= 4 is 29.2 Å². The molecule has 2 amide bonds. The number of rotatable bonds is 8. The van der Waals surface area contributed by atoms with Crippen molar-refractivity contribution in [3.8, 4) is 11.5 Å². The van der Waals surface area contributed by atoms with Gasteiger partial charge in [-0.3, -0.25) is 14.4 Å². The summed E-state index contributed by atoms with van der Waals surface area (Å²) in [4.78, 5) is 35.5. The number of carboxylic acids is 1. The van der Waals surface area contributed by atoms with Gasteiger partial charge in [0.1, 0.15) is 0 Å². The fourth-order valence-corrected chi connectivity index (χ4v) is 3.10. The second kappa shape index (κ2) is 9.09. The number of aliphatic carboxylic acids is 1. The van der Waals surface area contributed by atoms with Crippen molar-refractivity contribution in [3.05, 3.63) is 48.5 Å². The van der Waals surface area contributed by atoms with E-state index in [1.54, 1.807) is 48.5 Å². The van der Waals surface area contributed by atoms with E-state index in [9.17, 15) is 14.4 Å². The van der Waals surface area contributed by atoms with Gasteiger partial charge in [0.25, 0.3) is 5.91 Å². The number of carbonyl (C=O) groups excluding carboxylic acids is 2. The number of para-hydroxylation sites is 2. The van der Waals surface area contributed by atoms with Crippen LogP contribution in [0.2, 0.25) is 0 Å². The molecule has 0 heterocycles. The quantitative estimate of drug-likeness (QED) is 0.630. The monoisotopic (exact) mass is 398 g/mol. The topological polar surface area (TPSA) is 114 Å². The second-order valence-electron chi connectivity index (χ2n) is 6.69. The van der Waals surface area contributed by atoms with Gasteiger partial charge in [0, 0.05) is 11.4 Å². The molecule has 1 aliphatic carbocycles. The number of hydrogen-bond acceptors (Lipinski definition) is 5. The summed E-state index contributed by atoms with van der Waals surface area (Å²) < 4.78 is 10.7. The van der Waals surface area contributed by atoms with Crippen LogP contribution in [0.5, 0.6) is 11.5 Å². The molecule has 2 aromatic carbocycles. The molecular formula is C21H22N2O6. The molecule has 0 aliphatic heterocycles. The highest BCUT2D eigenvalue weighted by molar-refractivity contribution is 5.97. The van der Waals surface area contributed by atoms with Gasteiger partial charge in [0.05, 0.1) is 18.9 Å². The summed E-state index contributed by atoms with van der Waals surface area (Å²) in [6, 6.07) is 13.7. The lowest BCUT2D eigenvalue weighted by Crippen LogP contribution is -2.41. The van der Waals surface area contributed by atoms with Gasteiger partial charge in [-0.15, -0.1) is 0 Å². The number of methoxy groups -OCH3 is 1. The summed E-state index contributed by atoms with van der Waals surface area (Å²) in [7, 11) is 1.52. The van der Waals surface area contributed by atoms with Gasteiger partial charge in [-0.2, -0.15) is 0 Å². The Morgan fingerprint density at radius 3 is 2.24 bits per heavy atom. The zero-order valence-corrected chi connectivity index (χ0v) is 15.9. The fourth-order valence-electron chi connectivity index (χ4n) is 3.10. The molecule has 2 atom stereocenters. The van der Waals surface area contributed by atoms with Crippen molar-refractivity contribution in [2.24, 2.45) is 11.8 Å². The Hall–Kier alpha value is -3.55. The predicted octanol–water partition coefficient (Wildman–Crippen LogP) is 2.76. The number of benzene rings is 2. The van der Waals surface area contributed by atoms with E-state index in [-0.39, 0.29) is 18.4 Å². The van der Waals surface area contributed by atoms with Crippen molar-refractivity contribution in [1.82, 2.24) is 0 Å². The van der Waals surface area contributed by atoms with E-state index in [2.05, 4.69) is 10.6 Å². The van der Waals surface area contributed by atoms with Crippen LogP contribution in [0.4, 0.5) is 11.4 Å². The molecule has 0 aromatic heterocycles. The van der Waals surface area contributed by atoms with Crippen LogP contribution >= 0.6 is 0 Å². The highest BCUT2D eigenvalue weighted by Crippen LogP contribution is 2.35. The summed E-state index contributed by atoms with van der Waals surface area (Å²) in [5, 5.41) is 14.5. The molecule has 3 N–H and O–H groups in total. The Morgan fingerprint density at radius 1 is 0.966 bits per heavy atom. The Kier molecular flexibility index (Phi) is 6.33. The maximum absolute atomic E-state index is 12.3. The summed E-state index contributed by atoms with van der Waals surface area (Å²) in [6.07, 6.45) is 1.06. The number of amides is 2. The van der Waals surface area contributed by atoms with Crippen molar-refractivity contribution < 1.29 is 29.0 Å². The predicted molar refractivity (Wildman–Crippen MR) is 106 cm³/mol. The molecule has 0 bridgehead atoms. The first-order valence-electron chi connectivity index (χ1n) is 9.17. The molecule has 1 saturated carbocycles. The molecule has 29 heavy (non-hydrogen) atoms. The Balaban J connectivity index is 1.54. The summed E-state index contributed by atoms with van der Waals surface area (Å²) in [6.45, 7) is -0.209. The second-order valence-corrected chi connectivity index (χ2v) is 6.69. The van der Waals surface area contributed by atoms with E-state index < -0.39 is 17.8 Å². The van der Waals surface area contributed by atoms with Crippen LogP contribution in [-0.2, 0) is 14.4 Å². The van der Waals surface area contributed by atoms with Crippen molar-refractivity contribution in [2.45, 2.75) is 12.8 Å². The summed E-state index contributed by atoms with van der Waals surface area (Å²) in [5.74, 6) is -1.83. The van der Waals surface area contributed by atoms with Gasteiger partial charge in [0.2, 0.25) is 5.91 Å². The Morgan fingerprint density at radius 2 is 1.62 bits per heavy atom. The van der Waals surface area contributed by atoms with Crippen LogP contribution in [0.1, 0.15) is 12.8 Å². The third-order valence-electron chi connectivity index (χ3n) is 4.77. The summed E-state index contributed by atoms with van der Waals surface area (Å²) >= 11 is 0. The fraction of sp³-hybridized carbons (Fsp3) is 0.286. The Labute approximate surface area is 167 Å². The van der Waals surface area contributed by atoms with Crippen molar-refractivity contribution in [1.29, 1.82) is 0 Å². The van der Waals surface area contributed by atoms with E-state index in [4.69, 9.17) is 14.6 Å². The first kappa shape index (κ1) is 20.2. The van der Waals surface area contributed by atoms with Gasteiger partial charge in [-0.05, 0) is 43.2 Å². The largest absolute Gasteiger partial charge is 0.493 e. The number of carbonyl (C=O) groups is 3. The van der Waals surface area contributed by atoms with E-state index in [1.165, 1.54) is 7.11 Å². The number of anilines is 2. The standard InChI is InChI=1S/C21H22N2O6/c1-28-17-7-2-3-8-18(17)29-12-19(24)22-13-5-4-6-14(11-13)23-20(25)15-9-10-16(15)21(26)27/h2-8,11,15-16H,9-10,12H2,1H3,(H,22,24)(H,23,25)(H,26,27). The lowest BCUT2D eigenvalue weighted by Gasteiger charge is -2.31. The maximum Gasteiger partial charge on any atom is 0.307 e. The maximum atomic E-state index is 12.3. The number of ether oxygens (including phenoxy) is 2. The zero-order chi connectivity index (χ0) is 20.8. The van der Waals surface area contributed by atoms with Gasteiger partial charge in [0.15, 0.2) is 18.1 Å². The van der Waals surface area contributed by atoms with E-state index >= 15 is 0 Å². The SMILES string of the molecule is COc1ccccc1OCC(=O)Nc1cccc(NC(=O)C2CCC2C(=O)O)c1. The lowest BCUT2D eigenvalue weighted by molar-refractivity contribution is -0.151. The van der Waals surface area contributed by atoms with Crippen molar-refractivity contribution in [2.75, 3.05) is 24.4 Å². The van der Waals surface area contributed by atoms with Crippen LogP contribution in [0, 0.1) is 11.8 Å². The van der Waals surface area contributed by atoms with Crippen LogP contribution < -0.4 is 20.1 Å². The molecule has 8 nitrogen and oxygen atoms in total. The van der Waals surface area contributed by atoms with E-state index in [0.717, 1.165) is 0 Å². The number of nitrogens with one attached hydrogen (secondary N) is 2. The van der Waals surface area contributed by atoms with Crippen LogP contribution in [-0.4, -0.2) is 36.6 Å². The molecular weight excluding hydrogens is 376 g/mol. The molecule has 3 rings (SSSR count). The molecule has 8 heteroatoms. The Bertz CT molecular complexity index is 914. The van der Waals surface area contributed by atoms with Gasteiger partial charge in [-0.25, -0.2) is 0 Å². The molecule has 2 aromatic rings. The van der Waals surface area contributed by atoms with Gasteiger partial charge in [-0.1, -0.05) is 18.2 Å². The molecule has 0 radical (unpaired) electrons. The average Bonchev–Trinajstić information content (AvgIpc) is 2.65. The highest BCUT2D eigenvalue weighted by atomic mass is 16.5. The molecule has 152 valence electrons. The minimum Gasteiger partial charge on any atom is -0.493 e. The molecule has 2 unspecified atom stereocenters. The lowest BCUT2D eigenvalue weighted by atomic mass is 9.73. The van der Waals surface area contributed by atoms with Crippen molar-refractivity contribution in [3.63, 3.8) is 0 Å². The minimum absolute atomic E-state index is 0.209. The minimum atomic E-state index is -0.951. The summed E-state index contributed by atoms with van der Waals surface area (Å²) in [5.41, 5.74) is 0.967. The van der Waals surface area contributed by atoms with Crippen LogP contribution in [0.15, 0.2) is 48.5 Å². The normalized spacial score (nSPS) is 17.6. The zero-order valence-electron chi connectivity index (χ0n) is 15.9. The number of carboxylic acid groups (broad SMARTS) is 1. The van der Waals surface area contributed by atoms with E-state index in [1.807, 2.05) is 0 Å². The third kappa shape index (κ3) is 5.04. The van der Waals surface area contributed by atoms with Gasteiger partial charge < -0.3 is 25.2 Å².